The number of benzene rings is 3. The Morgan fingerprint density at radius 3 is 2.61 bits per heavy atom. The Morgan fingerprint density at radius 1 is 1.11 bits per heavy atom. The van der Waals surface area contributed by atoms with Crippen molar-refractivity contribution in [2.75, 3.05) is 30.4 Å². The van der Waals surface area contributed by atoms with E-state index in [1.165, 1.54) is 23.5 Å². The van der Waals surface area contributed by atoms with Gasteiger partial charge in [0.2, 0.25) is 15.9 Å². The second-order valence-electron chi connectivity index (χ2n) is 9.11. The minimum atomic E-state index is -3.85. The lowest BCUT2D eigenvalue weighted by molar-refractivity contribution is -0.119. The number of hydrogen-bond acceptors (Lipinski definition) is 5. The van der Waals surface area contributed by atoms with Gasteiger partial charge in [0.25, 0.3) is 5.91 Å². The molecule has 1 unspecified atom stereocenters. The molecule has 2 heterocycles. The topological polar surface area (TPSA) is 96.0 Å². The molecule has 2 aliphatic heterocycles. The summed E-state index contributed by atoms with van der Waals surface area (Å²) in [5.41, 5.74) is 2.04. The van der Waals surface area contributed by atoms with Crippen LogP contribution in [0.25, 0.3) is 10.8 Å². The van der Waals surface area contributed by atoms with Gasteiger partial charge >= 0.3 is 0 Å². The highest BCUT2D eigenvalue weighted by Gasteiger charge is 2.40. The van der Waals surface area contributed by atoms with Crippen molar-refractivity contribution >= 4 is 44.0 Å². The van der Waals surface area contributed by atoms with E-state index in [4.69, 9.17) is 4.74 Å². The summed E-state index contributed by atoms with van der Waals surface area (Å²) in [5.74, 6) is 0.154. The van der Waals surface area contributed by atoms with E-state index in [9.17, 15) is 18.0 Å². The highest BCUT2D eigenvalue weighted by Crippen LogP contribution is 2.41. The van der Waals surface area contributed by atoms with Gasteiger partial charge in [-0.2, -0.15) is 4.31 Å². The zero-order chi connectivity index (χ0) is 25.4. The number of carbonyl (C=O) groups is 2. The van der Waals surface area contributed by atoms with E-state index in [-0.39, 0.29) is 23.3 Å². The van der Waals surface area contributed by atoms with Crippen LogP contribution < -0.4 is 15.0 Å². The molecule has 8 nitrogen and oxygen atoms in total. The van der Waals surface area contributed by atoms with Crippen LogP contribution in [0.2, 0.25) is 0 Å². The van der Waals surface area contributed by atoms with Gasteiger partial charge in [-0.25, -0.2) is 8.42 Å². The Morgan fingerprint density at radius 2 is 1.89 bits per heavy atom. The Balaban J connectivity index is 1.43. The van der Waals surface area contributed by atoms with E-state index in [1.54, 1.807) is 23.1 Å². The third kappa shape index (κ3) is 4.02. The Hall–Kier alpha value is -3.43. The zero-order valence-electron chi connectivity index (χ0n) is 20.4. The first-order valence-electron chi connectivity index (χ1n) is 12.2. The summed E-state index contributed by atoms with van der Waals surface area (Å²) in [6.45, 7) is 3.01. The quantitative estimate of drug-likeness (QED) is 0.488. The van der Waals surface area contributed by atoms with E-state index in [1.807, 2.05) is 24.3 Å². The number of methoxy groups -OCH3 is 1. The van der Waals surface area contributed by atoms with Crippen LogP contribution in [-0.2, 0) is 14.8 Å². The fourth-order valence-electron chi connectivity index (χ4n) is 5.08. The largest absolute Gasteiger partial charge is 0.497 e. The summed E-state index contributed by atoms with van der Waals surface area (Å²) >= 11 is 0. The summed E-state index contributed by atoms with van der Waals surface area (Å²) in [6.07, 6.45) is 2.92. The molecule has 0 bridgehead atoms. The van der Waals surface area contributed by atoms with Crippen LogP contribution in [0.4, 0.5) is 11.4 Å². The van der Waals surface area contributed by atoms with Crippen molar-refractivity contribution in [2.24, 2.45) is 0 Å². The van der Waals surface area contributed by atoms with Gasteiger partial charge < -0.3 is 15.0 Å². The summed E-state index contributed by atoms with van der Waals surface area (Å²) in [7, 11) is -2.34. The van der Waals surface area contributed by atoms with Crippen molar-refractivity contribution in [3.8, 4) is 5.75 Å². The van der Waals surface area contributed by atoms with E-state index in [2.05, 4.69) is 12.2 Å². The molecule has 9 heteroatoms. The molecule has 3 aromatic rings. The van der Waals surface area contributed by atoms with E-state index < -0.39 is 16.1 Å². The Bertz CT molecular complexity index is 1440. The van der Waals surface area contributed by atoms with Crippen LogP contribution in [0.15, 0.2) is 59.5 Å². The summed E-state index contributed by atoms with van der Waals surface area (Å²) in [6, 6.07) is 14.5. The van der Waals surface area contributed by atoms with Gasteiger partial charge in [-0.15, -0.1) is 0 Å². The third-order valence-electron chi connectivity index (χ3n) is 6.95. The number of hydrogen-bond donors (Lipinski definition) is 1. The maximum absolute atomic E-state index is 13.4. The molecule has 0 radical (unpaired) electrons. The number of rotatable bonds is 8. The van der Waals surface area contributed by atoms with E-state index in [0.29, 0.717) is 36.4 Å². The lowest BCUT2D eigenvalue weighted by Gasteiger charge is -2.24. The average Bonchev–Trinajstić information content (AvgIpc) is 3.50. The van der Waals surface area contributed by atoms with Crippen LogP contribution in [0.3, 0.4) is 0 Å². The molecule has 2 amide bonds. The predicted octanol–water partition coefficient (Wildman–Crippen LogP) is 4.40. The van der Waals surface area contributed by atoms with Gasteiger partial charge in [0, 0.05) is 35.1 Å². The molecule has 0 saturated carbocycles. The standard InChI is InChI=1S/C27H29N3O5S/c1-3-4-16-29-23-15-14-22(20-7-5-8-21(25(20)23)27(29)32)28-26(31)24-9-6-17-30(24)36(33,34)19-12-10-18(35-2)11-13-19/h5,7-8,10-15,24H,3-4,6,9,16-17H2,1-2H3,(H,28,31). The highest BCUT2D eigenvalue weighted by atomic mass is 32.2. The maximum Gasteiger partial charge on any atom is 0.258 e. The van der Waals surface area contributed by atoms with Crippen LogP contribution in [0.5, 0.6) is 5.75 Å². The van der Waals surface area contributed by atoms with Crippen molar-refractivity contribution in [1.82, 2.24) is 4.31 Å². The number of amides is 2. The summed E-state index contributed by atoms with van der Waals surface area (Å²) < 4.78 is 33.1. The number of carbonyl (C=O) groups excluding carboxylic acids is 2. The number of ether oxygens (including phenoxy) is 1. The maximum atomic E-state index is 13.4. The fourth-order valence-corrected chi connectivity index (χ4v) is 6.74. The number of nitrogens with zero attached hydrogens (tertiary/aromatic N) is 2. The highest BCUT2D eigenvalue weighted by molar-refractivity contribution is 7.89. The van der Waals surface area contributed by atoms with Crippen LogP contribution in [0, 0.1) is 0 Å². The van der Waals surface area contributed by atoms with E-state index in [0.717, 1.165) is 29.3 Å². The number of sulfonamides is 1. The first-order valence-corrected chi connectivity index (χ1v) is 13.6. The van der Waals surface area contributed by atoms with Gasteiger partial charge in [0.15, 0.2) is 0 Å². The first-order chi connectivity index (χ1) is 17.4. The number of anilines is 2. The first kappa shape index (κ1) is 24.3. The predicted molar refractivity (Wildman–Crippen MR) is 139 cm³/mol. The van der Waals surface area contributed by atoms with Crippen molar-refractivity contribution in [1.29, 1.82) is 0 Å². The zero-order valence-corrected chi connectivity index (χ0v) is 21.2. The smallest absolute Gasteiger partial charge is 0.258 e. The molecule has 2 aliphatic rings. The molecule has 1 atom stereocenters. The van der Waals surface area contributed by atoms with Gasteiger partial charge in [0.1, 0.15) is 11.8 Å². The Kier molecular flexibility index (Phi) is 6.44. The molecule has 1 fully saturated rings. The normalized spacial score (nSPS) is 17.7. The monoisotopic (exact) mass is 507 g/mol. The van der Waals surface area contributed by atoms with E-state index >= 15 is 0 Å². The van der Waals surface area contributed by atoms with Crippen LogP contribution in [-0.4, -0.2) is 50.8 Å². The van der Waals surface area contributed by atoms with Gasteiger partial charge in [-0.1, -0.05) is 25.5 Å². The second-order valence-corrected chi connectivity index (χ2v) is 11.0. The molecule has 188 valence electrons. The summed E-state index contributed by atoms with van der Waals surface area (Å²) in [5, 5.41) is 4.55. The second kappa shape index (κ2) is 9.55. The number of unbranched alkanes of at least 4 members (excludes halogenated alkanes) is 1. The molecule has 0 aromatic heterocycles. The minimum Gasteiger partial charge on any atom is -0.497 e. The number of nitrogens with one attached hydrogen (secondary N) is 1. The summed E-state index contributed by atoms with van der Waals surface area (Å²) in [4.78, 5) is 28.3. The van der Waals surface area contributed by atoms with Crippen LogP contribution >= 0.6 is 0 Å². The van der Waals surface area contributed by atoms with Crippen molar-refractivity contribution in [3.05, 3.63) is 60.2 Å². The molecular formula is C27H29N3O5S. The molecule has 0 aliphatic carbocycles. The fraction of sp³-hybridized carbons (Fsp3) is 0.333. The van der Waals surface area contributed by atoms with Gasteiger partial charge in [-0.05, 0) is 61.7 Å². The molecule has 0 spiro atoms. The molecule has 1 saturated heterocycles. The third-order valence-corrected chi connectivity index (χ3v) is 8.87. The minimum absolute atomic E-state index is 0.0277. The molecular weight excluding hydrogens is 478 g/mol. The molecule has 1 N–H and O–H groups in total. The van der Waals surface area contributed by atoms with Crippen molar-refractivity contribution in [2.45, 2.75) is 43.5 Å². The van der Waals surface area contributed by atoms with Crippen molar-refractivity contribution in [3.63, 3.8) is 0 Å². The van der Waals surface area contributed by atoms with Crippen molar-refractivity contribution < 1.29 is 22.7 Å². The lowest BCUT2D eigenvalue weighted by atomic mass is 10.0. The van der Waals surface area contributed by atoms with Gasteiger partial charge in [0.05, 0.1) is 17.7 Å². The SMILES string of the molecule is CCCCN1C(=O)c2cccc3c(NC(=O)C4CCCN4S(=O)(=O)c4ccc(OC)cc4)ccc1c23. The lowest BCUT2D eigenvalue weighted by Crippen LogP contribution is -2.43. The molecule has 3 aromatic carbocycles. The van der Waals surface area contributed by atoms with Gasteiger partial charge in [-0.3, -0.25) is 9.59 Å². The molecule has 5 rings (SSSR count). The molecule has 36 heavy (non-hydrogen) atoms. The van der Waals surface area contributed by atoms with Crippen LogP contribution in [0.1, 0.15) is 43.0 Å². The Labute approximate surface area is 210 Å². The average molecular weight is 508 g/mol.